The molecule has 30 heavy (non-hydrogen) atoms. The minimum absolute atomic E-state index is 0.147. The summed E-state index contributed by atoms with van der Waals surface area (Å²) < 4.78 is 5.69. The van der Waals surface area contributed by atoms with Crippen LogP contribution in [0.2, 0.25) is 0 Å². The van der Waals surface area contributed by atoms with Crippen molar-refractivity contribution in [3.05, 3.63) is 101 Å². The summed E-state index contributed by atoms with van der Waals surface area (Å²) in [7, 11) is 0. The highest BCUT2D eigenvalue weighted by atomic mass is 16.5. The molecule has 0 spiro atoms. The average Bonchev–Trinajstić information content (AvgIpc) is 2.77. The lowest BCUT2D eigenvalue weighted by Crippen LogP contribution is -2.23. The van der Waals surface area contributed by atoms with Gasteiger partial charge in [-0.1, -0.05) is 42.5 Å². The van der Waals surface area contributed by atoms with Crippen molar-refractivity contribution in [2.75, 3.05) is 5.32 Å². The number of benzene rings is 3. The number of amides is 2. The van der Waals surface area contributed by atoms with E-state index < -0.39 is 0 Å². The van der Waals surface area contributed by atoms with Crippen molar-refractivity contribution in [2.24, 2.45) is 0 Å². The quantitative estimate of drug-likeness (QED) is 0.569. The van der Waals surface area contributed by atoms with Gasteiger partial charge in [0.25, 0.3) is 11.8 Å². The van der Waals surface area contributed by atoms with Crippen molar-refractivity contribution in [3.63, 3.8) is 0 Å². The van der Waals surface area contributed by atoms with Crippen molar-refractivity contribution in [1.82, 2.24) is 5.32 Å². The fourth-order valence-electron chi connectivity index (χ4n) is 2.90. The molecule has 0 aromatic heterocycles. The zero-order valence-corrected chi connectivity index (χ0v) is 17.2. The molecule has 0 radical (unpaired) electrons. The van der Waals surface area contributed by atoms with E-state index >= 15 is 0 Å². The fraction of sp³-hybridized carbons (Fsp3) is 0.200. The SMILES string of the molecule is CC(C)OCc1ccccc1CNC(=O)c1ccc(NC(=O)c2ccccc2)cc1. The van der Waals surface area contributed by atoms with Crippen LogP contribution in [0.4, 0.5) is 5.69 Å². The summed E-state index contributed by atoms with van der Waals surface area (Å²) in [5.41, 5.74) is 3.84. The summed E-state index contributed by atoms with van der Waals surface area (Å²) in [6.45, 7) is 4.93. The van der Waals surface area contributed by atoms with Gasteiger partial charge in [0.05, 0.1) is 12.7 Å². The topological polar surface area (TPSA) is 67.4 Å². The van der Waals surface area contributed by atoms with Crippen LogP contribution in [0.15, 0.2) is 78.9 Å². The first-order valence-electron chi connectivity index (χ1n) is 9.96. The highest BCUT2D eigenvalue weighted by Gasteiger charge is 2.09. The Morgan fingerprint density at radius 2 is 1.37 bits per heavy atom. The van der Waals surface area contributed by atoms with Gasteiger partial charge in [-0.25, -0.2) is 0 Å². The number of nitrogens with one attached hydrogen (secondary N) is 2. The summed E-state index contributed by atoms with van der Waals surface area (Å²) in [6, 6.07) is 23.7. The maximum Gasteiger partial charge on any atom is 0.255 e. The molecule has 5 heteroatoms. The molecule has 0 saturated carbocycles. The number of carbonyl (C=O) groups is 2. The molecule has 2 amide bonds. The van der Waals surface area contributed by atoms with Gasteiger partial charge in [0, 0.05) is 23.4 Å². The molecular formula is C25H26N2O3. The molecule has 0 aliphatic rings. The number of hydrogen-bond acceptors (Lipinski definition) is 3. The highest BCUT2D eigenvalue weighted by molar-refractivity contribution is 6.04. The molecule has 0 bridgehead atoms. The van der Waals surface area contributed by atoms with Gasteiger partial charge in [0.1, 0.15) is 0 Å². The van der Waals surface area contributed by atoms with Crippen LogP contribution in [-0.4, -0.2) is 17.9 Å². The lowest BCUT2D eigenvalue weighted by molar-refractivity contribution is 0.0651. The summed E-state index contributed by atoms with van der Waals surface area (Å²) in [4.78, 5) is 24.7. The van der Waals surface area contributed by atoms with Crippen molar-refractivity contribution < 1.29 is 14.3 Å². The highest BCUT2D eigenvalue weighted by Crippen LogP contribution is 2.14. The Morgan fingerprint density at radius 1 is 0.767 bits per heavy atom. The molecule has 0 fully saturated rings. The van der Waals surface area contributed by atoms with Crippen LogP contribution < -0.4 is 10.6 Å². The fourth-order valence-corrected chi connectivity index (χ4v) is 2.90. The van der Waals surface area contributed by atoms with Crippen LogP contribution in [0.5, 0.6) is 0 Å². The van der Waals surface area contributed by atoms with Gasteiger partial charge < -0.3 is 15.4 Å². The Hall–Kier alpha value is -3.44. The molecule has 0 atom stereocenters. The van der Waals surface area contributed by atoms with E-state index in [0.29, 0.717) is 30.0 Å². The van der Waals surface area contributed by atoms with Crippen molar-refractivity contribution in [2.45, 2.75) is 33.1 Å². The van der Waals surface area contributed by atoms with Gasteiger partial charge in [-0.3, -0.25) is 9.59 Å². The van der Waals surface area contributed by atoms with E-state index in [-0.39, 0.29) is 17.9 Å². The van der Waals surface area contributed by atoms with Crippen molar-refractivity contribution in [1.29, 1.82) is 0 Å². The predicted octanol–water partition coefficient (Wildman–Crippen LogP) is 4.79. The Balaban J connectivity index is 1.57. The van der Waals surface area contributed by atoms with Crippen molar-refractivity contribution >= 4 is 17.5 Å². The van der Waals surface area contributed by atoms with E-state index in [9.17, 15) is 9.59 Å². The van der Waals surface area contributed by atoms with Crippen LogP contribution in [0.3, 0.4) is 0 Å². The van der Waals surface area contributed by atoms with E-state index in [0.717, 1.165) is 11.1 Å². The Labute approximate surface area is 177 Å². The smallest absolute Gasteiger partial charge is 0.255 e. The first kappa shape index (κ1) is 21.3. The van der Waals surface area contributed by atoms with Crippen LogP contribution in [0, 0.1) is 0 Å². The zero-order valence-electron chi connectivity index (χ0n) is 17.2. The van der Waals surface area contributed by atoms with E-state index in [1.807, 2.05) is 56.3 Å². The molecule has 154 valence electrons. The van der Waals surface area contributed by atoms with Gasteiger partial charge >= 0.3 is 0 Å². The minimum Gasteiger partial charge on any atom is -0.374 e. The minimum atomic E-state index is -0.187. The number of hydrogen-bond donors (Lipinski definition) is 2. The maximum absolute atomic E-state index is 12.5. The molecule has 3 rings (SSSR count). The molecule has 0 aliphatic heterocycles. The number of ether oxygens (including phenoxy) is 1. The van der Waals surface area contributed by atoms with E-state index in [2.05, 4.69) is 10.6 Å². The Kier molecular flexibility index (Phi) is 7.35. The molecule has 2 N–H and O–H groups in total. The Morgan fingerprint density at radius 3 is 2.03 bits per heavy atom. The first-order valence-corrected chi connectivity index (χ1v) is 9.96. The standard InChI is InChI=1S/C25H26N2O3/c1-18(2)30-17-22-11-7-6-10-21(22)16-26-24(28)20-12-14-23(15-13-20)27-25(29)19-8-4-3-5-9-19/h3-15,18H,16-17H2,1-2H3,(H,26,28)(H,27,29). The summed E-state index contributed by atoms with van der Waals surface area (Å²) in [6.07, 6.45) is 0.147. The van der Waals surface area contributed by atoms with E-state index in [1.165, 1.54) is 0 Å². The second kappa shape index (κ2) is 10.4. The third-order valence-electron chi connectivity index (χ3n) is 4.57. The third-order valence-corrected chi connectivity index (χ3v) is 4.57. The lowest BCUT2D eigenvalue weighted by atomic mass is 10.1. The number of rotatable bonds is 8. The van der Waals surface area contributed by atoms with E-state index in [1.54, 1.807) is 36.4 Å². The number of carbonyl (C=O) groups excluding carboxylic acids is 2. The molecule has 0 aliphatic carbocycles. The Bertz CT molecular complexity index is 983. The van der Waals surface area contributed by atoms with Crippen LogP contribution >= 0.6 is 0 Å². The van der Waals surface area contributed by atoms with Crippen molar-refractivity contribution in [3.8, 4) is 0 Å². The normalized spacial score (nSPS) is 10.6. The lowest BCUT2D eigenvalue weighted by Gasteiger charge is -2.13. The van der Waals surface area contributed by atoms with E-state index in [4.69, 9.17) is 4.74 Å². The van der Waals surface area contributed by atoms with Gasteiger partial charge in [-0.05, 0) is 61.4 Å². The van der Waals surface area contributed by atoms with Gasteiger partial charge in [0.2, 0.25) is 0 Å². The second-order valence-corrected chi connectivity index (χ2v) is 7.21. The molecule has 3 aromatic carbocycles. The van der Waals surface area contributed by atoms with Crippen LogP contribution in [0.1, 0.15) is 45.7 Å². The summed E-state index contributed by atoms with van der Waals surface area (Å²) >= 11 is 0. The zero-order chi connectivity index (χ0) is 21.3. The molecular weight excluding hydrogens is 376 g/mol. The van der Waals surface area contributed by atoms with Gasteiger partial charge in [-0.2, -0.15) is 0 Å². The third kappa shape index (κ3) is 6.03. The first-order chi connectivity index (χ1) is 14.5. The van der Waals surface area contributed by atoms with Crippen LogP contribution in [-0.2, 0) is 17.9 Å². The number of anilines is 1. The average molecular weight is 402 g/mol. The largest absolute Gasteiger partial charge is 0.374 e. The summed E-state index contributed by atoms with van der Waals surface area (Å²) in [5.74, 6) is -0.358. The second-order valence-electron chi connectivity index (χ2n) is 7.21. The molecule has 0 unspecified atom stereocenters. The molecule has 0 saturated heterocycles. The maximum atomic E-state index is 12.5. The predicted molar refractivity (Wildman–Crippen MR) is 118 cm³/mol. The molecule has 5 nitrogen and oxygen atoms in total. The van der Waals surface area contributed by atoms with Gasteiger partial charge in [-0.15, -0.1) is 0 Å². The molecule has 3 aromatic rings. The van der Waals surface area contributed by atoms with Crippen LogP contribution in [0.25, 0.3) is 0 Å². The summed E-state index contributed by atoms with van der Waals surface area (Å²) in [5, 5.41) is 5.78. The van der Waals surface area contributed by atoms with Gasteiger partial charge in [0.15, 0.2) is 0 Å². The monoisotopic (exact) mass is 402 g/mol. The molecule has 0 heterocycles.